The van der Waals surface area contributed by atoms with Gasteiger partial charge in [-0.1, -0.05) is 69.9 Å². The summed E-state index contributed by atoms with van der Waals surface area (Å²) in [7, 11) is 0. The topological polar surface area (TPSA) is 101 Å². The molecule has 0 fully saturated rings. The average molecular weight is 426 g/mol. The quantitative estimate of drug-likeness (QED) is 0.281. The van der Waals surface area contributed by atoms with Gasteiger partial charge in [0.2, 0.25) is 5.78 Å². The van der Waals surface area contributed by atoms with Crippen LogP contribution in [0.15, 0.2) is 42.5 Å². The summed E-state index contributed by atoms with van der Waals surface area (Å²) >= 11 is 0. The van der Waals surface area contributed by atoms with Crippen molar-refractivity contribution in [1.29, 1.82) is 0 Å². The van der Waals surface area contributed by atoms with Crippen LogP contribution in [0.3, 0.4) is 0 Å². The molecule has 0 bridgehead atoms. The van der Waals surface area contributed by atoms with E-state index in [0.29, 0.717) is 24.3 Å². The highest BCUT2D eigenvalue weighted by atomic mass is 16.4. The Hall–Kier alpha value is -3.02. The number of carboxylic acids is 1. The van der Waals surface area contributed by atoms with Gasteiger partial charge in [-0.2, -0.15) is 0 Å². The summed E-state index contributed by atoms with van der Waals surface area (Å²) in [5, 5.41) is 13.6. The fourth-order valence-electron chi connectivity index (χ4n) is 3.63. The zero-order valence-electron chi connectivity index (χ0n) is 18.2. The number of rotatable bonds is 13. The molecular weight excluding hydrogens is 394 g/mol. The number of nitrogens with one attached hydrogen (secondary N) is 1. The zero-order valence-corrected chi connectivity index (χ0v) is 18.2. The molecule has 6 nitrogen and oxygen atoms in total. The molecule has 31 heavy (non-hydrogen) atoms. The molecule has 3 atom stereocenters. The van der Waals surface area contributed by atoms with Crippen molar-refractivity contribution in [3.8, 4) is 0 Å². The number of unbranched alkanes of at least 4 members (excludes halogenated alkanes) is 1. The molecule has 0 spiro atoms. The van der Waals surface area contributed by atoms with Crippen molar-refractivity contribution in [3.05, 3.63) is 48.0 Å². The van der Waals surface area contributed by atoms with Crippen LogP contribution < -0.4 is 5.32 Å². The van der Waals surface area contributed by atoms with E-state index >= 15 is 0 Å². The number of hydrogen-bond acceptors (Lipinski definition) is 4. The molecule has 1 amide bonds. The molecule has 0 saturated heterocycles. The molecule has 2 rings (SSSR count). The molecule has 2 aromatic carbocycles. The first-order valence-electron chi connectivity index (χ1n) is 10.8. The molecule has 2 N–H and O–H groups in total. The molecule has 3 unspecified atom stereocenters. The van der Waals surface area contributed by atoms with Gasteiger partial charge >= 0.3 is 5.97 Å². The first-order valence-corrected chi connectivity index (χ1v) is 10.8. The number of aldehydes is 1. The monoisotopic (exact) mass is 425 g/mol. The average Bonchev–Trinajstić information content (AvgIpc) is 2.78. The van der Waals surface area contributed by atoms with Crippen molar-refractivity contribution in [2.45, 2.75) is 58.4 Å². The number of benzene rings is 2. The van der Waals surface area contributed by atoms with Crippen LogP contribution in [0.25, 0.3) is 10.8 Å². The Balaban J connectivity index is 1.72. The minimum absolute atomic E-state index is 0.256. The fourth-order valence-corrected chi connectivity index (χ4v) is 3.63. The van der Waals surface area contributed by atoms with E-state index in [9.17, 15) is 19.2 Å². The molecule has 0 aliphatic rings. The number of ketones is 1. The molecule has 166 valence electrons. The molecule has 0 aromatic heterocycles. The molecule has 0 aliphatic heterocycles. The van der Waals surface area contributed by atoms with Gasteiger partial charge < -0.3 is 15.2 Å². The van der Waals surface area contributed by atoms with E-state index in [-0.39, 0.29) is 5.91 Å². The van der Waals surface area contributed by atoms with Crippen LogP contribution >= 0.6 is 0 Å². The number of carboxylic acid groups (broad SMARTS) is 1. The van der Waals surface area contributed by atoms with Crippen molar-refractivity contribution in [2.75, 3.05) is 0 Å². The van der Waals surface area contributed by atoms with Gasteiger partial charge in [0.05, 0.1) is 6.04 Å². The summed E-state index contributed by atoms with van der Waals surface area (Å²) in [6.07, 6.45) is 5.33. The van der Waals surface area contributed by atoms with E-state index in [2.05, 4.69) is 12.2 Å². The predicted molar refractivity (Wildman–Crippen MR) is 120 cm³/mol. The van der Waals surface area contributed by atoms with Crippen LogP contribution in [0.4, 0.5) is 0 Å². The van der Waals surface area contributed by atoms with Crippen LogP contribution in [-0.2, 0) is 14.4 Å². The zero-order chi connectivity index (χ0) is 22.8. The SMILES string of the molecule is CC(CCCCC(C=O)NC(=O)c1ccc2ccccc2c1)CCC(C)C(=O)C(=O)O. The lowest BCUT2D eigenvalue weighted by Crippen LogP contribution is -2.35. The van der Waals surface area contributed by atoms with Crippen molar-refractivity contribution in [1.82, 2.24) is 5.32 Å². The molecule has 6 heteroatoms. The van der Waals surface area contributed by atoms with Gasteiger partial charge in [0.15, 0.2) is 0 Å². The van der Waals surface area contributed by atoms with Gasteiger partial charge in [0.1, 0.15) is 6.29 Å². The van der Waals surface area contributed by atoms with E-state index in [1.54, 1.807) is 13.0 Å². The van der Waals surface area contributed by atoms with Crippen molar-refractivity contribution in [2.24, 2.45) is 11.8 Å². The Morgan fingerprint density at radius 1 is 0.935 bits per heavy atom. The van der Waals surface area contributed by atoms with Crippen molar-refractivity contribution >= 4 is 34.7 Å². The van der Waals surface area contributed by atoms with Crippen molar-refractivity contribution < 1.29 is 24.3 Å². The standard InChI is InChI=1S/C25H31NO5/c1-17(11-12-18(2)23(28)25(30)31)7-3-6-10-22(16-27)26-24(29)21-14-13-19-8-4-5-9-20(19)15-21/h4-5,8-9,13-18,22H,3,6-7,10-12H2,1-2H3,(H,26,29)(H,30,31). The smallest absolute Gasteiger partial charge is 0.372 e. The second kappa shape index (κ2) is 12.0. The van der Waals surface area contributed by atoms with Crippen LogP contribution in [0.2, 0.25) is 0 Å². The maximum Gasteiger partial charge on any atom is 0.372 e. The molecular formula is C25H31NO5. The Kier molecular flexibility index (Phi) is 9.38. The van der Waals surface area contributed by atoms with Gasteiger partial charge in [-0.05, 0) is 41.7 Å². The second-order valence-electron chi connectivity index (χ2n) is 8.32. The number of aliphatic carboxylic acids is 1. The van der Waals surface area contributed by atoms with Gasteiger partial charge in [-0.25, -0.2) is 4.79 Å². The summed E-state index contributed by atoms with van der Waals surface area (Å²) in [6, 6.07) is 12.8. The van der Waals surface area contributed by atoms with E-state index < -0.39 is 23.7 Å². The summed E-state index contributed by atoms with van der Waals surface area (Å²) in [5.41, 5.74) is 0.532. The first kappa shape index (κ1) is 24.3. The minimum atomic E-state index is -1.37. The summed E-state index contributed by atoms with van der Waals surface area (Å²) in [6.45, 7) is 3.73. The fraction of sp³-hybridized carbons (Fsp3) is 0.440. The van der Waals surface area contributed by atoms with Gasteiger partial charge in [-0.15, -0.1) is 0 Å². The normalized spacial score (nSPS) is 13.9. The third-order valence-electron chi connectivity index (χ3n) is 5.71. The Bertz CT molecular complexity index is 923. The van der Waals surface area contributed by atoms with E-state index in [0.717, 1.165) is 42.7 Å². The number of carbonyl (C=O) groups is 4. The van der Waals surface area contributed by atoms with Gasteiger partial charge in [0.25, 0.3) is 5.91 Å². The summed E-state index contributed by atoms with van der Waals surface area (Å²) in [5.74, 6) is -2.46. The van der Waals surface area contributed by atoms with Crippen LogP contribution in [-0.4, -0.2) is 35.1 Å². The summed E-state index contributed by atoms with van der Waals surface area (Å²) < 4.78 is 0. The lowest BCUT2D eigenvalue weighted by molar-refractivity contribution is -0.150. The lowest BCUT2D eigenvalue weighted by Gasteiger charge is -2.15. The largest absolute Gasteiger partial charge is 0.475 e. The Morgan fingerprint density at radius 3 is 2.29 bits per heavy atom. The first-order chi connectivity index (χ1) is 14.8. The molecule has 0 aliphatic carbocycles. The third-order valence-corrected chi connectivity index (χ3v) is 5.71. The molecule has 2 aromatic rings. The third kappa shape index (κ3) is 7.63. The summed E-state index contributed by atoms with van der Waals surface area (Å²) in [4.78, 5) is 46.0. The van der Waals surface area contributed by atoms with E-state index in [1.807, 2.05) is 36.4 Å². The second-order valence-corrected chi connectivity index (χ2v) is 8.32. The molecule has 0 heterocycles. The number of hydrogen-bond donors (Lipinski definition) is 2. The number of carbonyl (C=O) groups excluding carboxylic acids is 3. The highest BCUT2D eigenvalue weighted by molar-refractivity contribution is 6.33. The maximum absolute atomic E-state index is 12.5. The number of fused-ring (bicyclic) bond motifs is 1. The Labute approximate surface area is 183 Å². The molecule has 0 radical (unpaired) electrons. The van der Waals surface area contributed by atoms with Crippen molar-refractivity contribution in [3.63, 3.8) is 0 Å². The maximum atomic E-state index is 12.5. The van der Waals surface area contributed by atoms with E-state index in [1.165, 1.54) is 0 Å². The number of amides is 1. The highest BCUT2D eigenvalue weighted by Crippen LogP contribution is 2.19. The van der Waals surface area contributed by atoms with Crippen LogP contribution in [0, 0.1) is 11.8 Å². The lowest BCUT2D eigenvalue weighted by atomic mass is 9.91. The molecule has 0 saturated carbocycles. The van der Waals surface area contributed by atoms with Gasteiger partial charge in [-0.3, -0.25) is 9.59 Å². The predicted octanol–water partition coefficient (Wildman–Crippen LogP) is 4.40. The Morgan fingerprint density at radius 2 is 1.61 bits per heavy atom. The van der Waals surface area contributed by atoms with Gasteiger partial charge in [0, 0.05) is 11.5 Å². The van der Waals surface area contributed by atoms with Crippen LogP contribution in [0.5, 0.6) is 0 Å². The van der Waals surface area contributed by atoms with Crippen LogP contribution in [0.1, 0.15) is 62.7 Å². The minimum Gasteiger partial charge on any atom is -0.475 e. The highest BCUT2D eigenvalue weighted by Gasteiger charge is 2.20. The number of Topliss-reactive ketones (excluding diaryl/α,β-unsaturated/α-hetero) is 1. The van der Waals surface area contributed by atoms with E-state index in [4.69, 9.17) is 5.11 Å².